The van der Waals surface area contributed by atoms with Gasteiger partial charge >= 0.3 is 0 Å². The van der Waals surface area contributed by atoms with Gasteiger partial charge in [0.2, 0.25) is 0 Å². The van der Waals surface area contributed by atoms with E-state index in [2.05, 4.69) is 27.1 Å². The molecule has 0 spiro atoms. The van der Waals surface area contributed by atoms with Gasteiger partial charge in [-0.3, -0.25) is 9.38 Å². The summed E-state index contributed by atoms with van der Waals surface area (Å²) in [5, 5.41) is 10.9. The van der Waals surface area contributed by atoms with Crippen molar-refractivity contribution in [1.29, 1.82) is 0 Å². The van der Waals surface area contributed by atoms with Gasteiger partial charge in [-0.15, -0.1) is 16.8 Å². The highest BCUT2D eigenvalue weighted by atomic mass is 15.3. The molecule has 0 fully saturated rings. The molecule has 1 unspecified atom stereocenters. The molecule has 0 aromatic carbocycles. The van der Waals surface area contributed by atoms with E-state index in [1.165, 1.54) is 0 Å². The second kappa shape index (κ2) is 3.45. The fraction of sp³-hybridized carbons (Fsp3) is 0.222. The SMILES string of the molecule is C=CC(C)Nc1cncc2nncn12. The summed E-state index contributed by atoms with van der Waals surface area (Å²) in [6.07, 6.45) is 6.87. The molecule has 14 heavy (non-hydrogen) atoms. The summed E-state index contributed by atoms with van der Waals surface area (Å²) in [6.45, 7) is 5.71. The summed E-state index contributed by atoms with van der Waals surface area (Å²) < 4.78 is 1.84. The first-order chi connectivity index (χ1) is 6.81. The standard InChI is InChI=1S/C9H11N5/c1-3-7(2)12-8-4-10-5-9-13-11-6-14(8)9/h3-7,12H,1H2,2H3. The van der Waals surface area contributed by atoms with Crippen LogP contribution in [0.25, 0.3) is 5.65 Å². The number of aromatic nitrogens is 4. The first kappa shape index (κ1) is 8.68. The molecule has 72 valence electrons. The molecule has 0 aliphatic rings. The molecule has 0 aliphatic heterocycles. The highest BCUT2D eigenvalue weighted by Gasteiger charge is 2.03. The van der Waals surface area contributed by atoms with Gasteiger partial charge in [0.1, 0.15) is 12.1 Å². The minimum absolute atomic E-state index is 0.185. The van der Waals surface area contributed by atoms with E-state index in [9.17, 15) is 0 Å². The molecule has 0 amide bonds. The quantitative estimate of drug-likeness (QED) is 0.735. The Hall–Kier alpha value is -1.91. The molecule has 2 rings (SSSR count). The third kappa shape index (κ3) is 1.44. The van der Waals surface area contributed by atoms with Crippen molar-refractivity contribution in [3.63, 3.8) is 0 Å². The summed E-state index contributed by atoms with van der Waals surface area (Å²) in [6, 6.07) is 0.185. The van der Waals surface area contributed by atoms with Crippen molar-refractivity contribution < 1.29 is 0 Å². The van der Waals surface area contributed by atoms with E-state index < -0.39 is 0 Å². The minimum Gasteiger partial charge on any atom is -0.364 e. The molecule has 2 aromatic rings. The second-order valence-corrected chi connectivity index (χ2v) is 3.02. The molecule has 0 aliphatic carbocycles. The van der Waals surface area contributed by atoms with Gasteiger partial charge in [0.25, 0.3) is 0 Å². The van der Waals surface area contributed by atoms with Crippen LogP contribution in [0, 0.1) is 0 Å². The van der Waals surface area contributed by atoms with Crippen molar-refractivity contribution in [2.75, 3.05) is 5.32 Å². The summed E-state index contributed by atoms with van der Waals surface area (Å²) in [5.74, 6) is 0.861. The Kier molecular flexibility index (Phi) is 2.14. The number of fused-ring (bicyclic) bond motifs is 1. The predicted molar refractivity (Wildman–Crippen MR) is 54.1 cm³/mol. The Labute approximate surface area is 81.5 Å². The van der Waals surface area contributed by atoms with E-state index in [0.717, 1.165) is 11.5 Å². The lowest BCUT2D eigenvalue weighted by atomic mass is 10.3. The fourth-order valence-electron chi connectivity index (χ4n) is 1.15. The van der Waals surface area contributed by atoms with Crippen molar-refractivity contribution in [2.24, 2.45) is 0 Å². The Morgan fingerprint density at radius 3 is 3.21 bits per heavy atom. The molecular weight excluding hydrogens is 178 g/mol. The zero-order valence-electron chi connectivity index (χ0n) is 7.88. The van der Waals surface area contributed by atoms with Gasteiger partial charge in [-0.1, -0.05) is 6.08 Å². The predicted octanol–water partition coefficient (Wildman–Crippen LogP) is 1.11. The van der Waals surface area contributed by atoms with E-state index >= 15 is 0 Å². The number of rotatable bonds is 3. The summed E-state index contributed by atoms with van der Waals surface area (Å²) in [4.78, 5) is 4.05. The van der Waals surface area contributed by atoms with Gasteiger partial charge in [0.15, 0.2) is 5.65 Å². The lowest BCUT2D eigenvalue weighted by Gasteiger charge is -2.11. The number of nitrogens with zero attached hydrogens (tertiary/aromatic N) is 4. The third-order valence-electron chi connectivity index (χ3n) is 1.95. The van der Waals surface area contributed by atoms with E-state index in [0.29, 0.717) is 0 Å². The second-order valence-electron chi connectivity index (χ2n) is 3.02. The van der Waals surface area contributed by atoms with Crippen LogP contribution in [0.2, 0.25) is 0 Å². The van der Waals surface area contributed by atoms with Crippen molar-refractivity contribution in [3.8, 4) is 0 Å². The van der Waals surface area contributed by atoms with Crippen LogP contribution in [-0.4, -0.2) is 25.6 Å². The summed E-state index contributed by atoms with van der Waals surface area (Å²) in [7, 11) is 0. The zero-order valence-corrected chi connectivity index (χ0v) is 7.88. The van der Waals surface area contributed by atoms with Gasteiger partial charge in [-0.05, 0) is 6.92 Å². The molecule has 0 saturated carbocycles. The van der Waals surface area contributed by atoms with Crippen molar-refractivity contribution in [3.05, 3.63) is 31.4 Å². The maximum absolute atomic E-state index is 4.05. The monoisotopic (exact) mass is 189 g/mol. The van der Waals surface area contributed by atoms with Crippen molar-refractivity contribution in [1.82, 2.24) is 19.6 Å². The first-order valence-corrected chi connectivity index (χ1v) is 4.34. The average Bonchev–Trinajstić information content (AvgIpc) is 2.66. The lowest BCUT2D eigenvalue weighted by molar-refractivity contribution is 0.960. The molecule has 2 heterocycles. The van der Waals surface area contributed by atoms with Gasteiger partial charge < -0.3 is 5.32 Å². The minimum atomic E-state index is 0.185. The van der Waals surface area contributed by atoms with Gasteiger partial charge in [0.05, 0.1) is 12.4 Å². The Bertz CT molecular complexity index is 447. The highest BCUT2D eigenvalue weighted by molar-refractivity contribution is 5.46. The lowest BCUT2D eigenvalue weighted by Crippen LogP contribution is -2.14. The molecule has 0 radical (unpaired) electrons. The van der Waals surface area contributed by atoms with Gasteiger partial charge in [-0.2, -0.15) is 0 Å². The van der Waals surface area contributed by atoms with Gasteiger partial charge in [0, 0.05) is 6.04 Å². The van der Waals surface area contributed by atoms with E-state index in [4.69, 9.17) is 0 Å². The summed E-state index contributed by atoms with van der Waals surface area (Å²) in [5.41, 5.74) is 0.728. The topological polar surface area (TPSA) is 55.1 Å². The molecule has 2 aromatic heterocycles. The summed E-state index contributed by atoms with van der Waals surface area (Å²) >= 11 is 0. The maximum Gasteiger partial charge on any atom is 0.180 e. The van der Waals surface area contributed by atoms with Crippen LogP contribution < -0.4 is 5.32 Å². The Morgan fingerprint density at radius 2 is 2.43 bits per heavy atom. The van der Waals surface area contributed by atoms with Crippen LogP contribution in [0.15, 0.2) is 31.4 Å². The third-order valence-corrected chi connectivity index (χ3v) is 1.95. The first-order valence-electron chi connectivity index (χ1n) is 4.34. The molecule has 1 atom stereocenters. The van der Waals surface area contributed by atoms with Crippen molar-refractivity contribution in [2.45, 2.75) is 13.0 Å². The van der Waals surface area contributed by atoms with E-state index in [-0.39, 0.29) is 6.04 Å². The highest BCUT2D eigenvalue weighted by Crippen LogP contribution is 2.08. The number of hydrogen-bond acceptors (Lipinski definition) is 4. The van der Waals surface area contributed by atoms with Gasteiger partial charge in [-0.25, -0.2) is 0 Å². The Morgan fingerprint density at radius 1 is 1.57 bits per heavy atom. The molecular formula is C9H11N5. The van der Waals surface area contributed by atoms with E-state index in [1.54, 1.807) is 18.7 Å². The van der Waals surface area contributed by atoms with Crippen LogP contribution in [0.4, 0.5) is 5.82 Å². The molecule has 0 bridgehead atoms. The van der Waals surface area contributed by atoms with Crippen LogP contribution in [-0.2, 0) is 0 Å². The Balaban J connectivity index is 2.41. The van der Waals surface area contributed by atoms with Crippen molar-refractivity contribution >= 4 is 11.5 Å². The maximum atomic E-state index is 4.05. The zero-order chi connectivity index (χ0) is 9.97. The smallest absolute Gasteiger partial charge is 0.180 e. The molecule has 5 heteroatoms. The van der Waals surface area contributed by atoms with Crippen LogP contribution in [0.1, 0.15) is 6.92 Å². The number of hydrogen-bond donors (Lipinski definition) is 1. The fourth-order valence-corrected chi connectivity index (χ4v) is 1.15. The average molecular weight is 189 g/mol. The number of anilines is 1. The molecule has 0 saturated heterocycles. The normalized spacial score (nSPS) is 12.6. The van der Waals surface area contributed by atoms with Crippen LogP contribution in [0.5, 0.6) is 0 Å². The molecule has 1 N–H and O–H groups in total. The van der Waals surface area contributed by atoms with E-state index in [1.807, 2.05) is 17.4 Å². The van der Waals surface area contributed by atoms with Crippen LogP contribution >= 0.6 is 0 Å². The largest absolute Gasteiger partial charge is 0.364 e. The number of nitrogens with one attached hydrogen (secondary N) is 1. The molecule has 5 nitrogen and oxygen atoms in total. The van der Waals surface area contributed by atoms with Crippen LogP contribution in [0.3, 0.4) is 0 Å².